The first-order valence-electron chi connectivity index (χ1n) is 7.24. The Bertz CT molecular complexity index is 795. The smallest absolute Gasteiger partial charge is 0.409 e. The van der Waals surface area contributed by atoms with Gasteiger partial charge in [-0.05, 0) is 63.3 Å². The number of anilines is 1. The molecule has 2 aromatic carbocycles. The predicted molar refractivity (Wildman–Crippen MR) is 94.3 cm³/mol. The average molecular weight is 394 g/mol. The van der Waals surface area contributed by atoms with Crippen molar-refractivity contribution in [3.05, 3.63) is 63.4 Å². The van der Waals surface area contributed by atoms with Gasteiger partial charge in [0.15, 0.2) is 5.78 Å². The lowest BCUT2D eigenvalue weighted by molar-refractivity contribution is 0.103. The van der Waals surface area contributed by atoms with Crippen molar-refractivity contribution in [2.75, 3.05) is 5.32 Å². The summed E-state index contributed by atoms with van der Waals surface area (Å²) in [5, 5.41) is 11.4. The number of hydrogen-bond donors (Lipinski definition) is 2. The summed E-state index contributed by atoms with van der Waals surface area (Å²) in [5.41, 5.74) is 1.43. The van der Waals surface area contributed by atoms with Gasteiger partial charge in [0.05, 0.1) is 0 Å². The van der Waals surface area contributed by atoms with E-state index in [9.17, 15) is 14.0 Å². The van der Waals surface area contributed by atoms with Crippen LogP contribution in [0.1, 0.15) is 42.3 Å². The van der Waals surface area contributed by atoms with Gasteiger partial charge in [0.2, 0.25) is 0 Å². The number of hydrogen-bond acceptors (Lipinski definition) is 2. The van der Waals surface area contributed by atoms with Crippen molar-refractivity contribution in [1.29, 1.82) is 0 Å². The van der Waals surface area contributed by atoms with Crippen LogP contribution in [-0.2, 0) is 5.41 Å². The SMILES string of the molecule is CC(C)(C)c1c(NC(=O)O)ccc(C(=O)c2ccc(F)cc2)c1Br. The molecule has 0 atom stereocenters. The van der Waals surface area contributed by atoms with E-state index in [1.807, 2.05) is 20.8 Å². The number of carbonyl (C=O) groups is 2. The summed E-state index contributed by atoms with van der Waals surface area (Å²) >= 11 is 3.44. The number of nitrogens with one attached hydrogen (secondary N) is 1. The maximum Gasteiger partial charge on any atom is 0.409 e. The van der Waals surface area contributed by atoms with Crippen molar-refractivity contribution < 1.29 is 19.1 Å². The molecule has 6 heteroatoms. The topological polar surface area (TPSA) is 66.4 Å². The standard InChI is InChI=1S/C18H17BrFNO3/c1-18(2,3)14-13(21-17(23)24)9-8-12(15(14)19)16(22)10-4-6-11(20)7-5-10/h4-9,21H,1-3H3,(H,23,24). The van der Waals surface area contributed by atoms with E-state index < -0.39 is 17.3 Å². The molecule has 0 spiro atoms. The van der Waals surface area contributed by atoms with Crippen LogP contribution >= 0.6 is 15.9 Å². The van der Waals surface area contributed by atoms with Gasteiger partial charge < -0.3 is 5.11 Å². The Kier molecular flexibility index (Phi) is 5.08. The van der Waals surface area contributed by atoms with E-state index >= 15 is 0 Å². The monoisotopic (exact) mass is 393 g/mol. The van der Waals surface area contributed by atoms with Crippen LogP contribution in [0.3, 0.4) is 0 Å². The van der Waals surface area contributed by atoms with Crippen LogP contribution in [0.25, 0.3) is 0 Å². The molecule has 0 aliphatic rings. The van der Waals surface area contributed by atoms with E-state index in [4.69, 9.17) is 5.11 Å². The molecule has 0 saturated heterocycles. The molecule has 0 heterocycles. The molecule has 2 aromatic rings. The number of ketones is 1. The largest absolute Gasteiger partial charge is 0.465 e. The fourth-order valence-corrected chi connectivity index (χ4v) is 3.58. The molecule has 0 fully saturated rings. The summed E-state index contributed by atoms with van der Waals surface area (Å²) in [6.45, 7) is 5.77. The maximum absolute atomic E-state index is 13.0. The molecule has 0 bridgehead atoms. The van der Waals surface area contributed by atoms with Crippen LogP contribution in [0.5, 0.6) is 0 Å². The van der Waals surface area contributed by atoms with Gasteiger partial charge in [-0.2, -0.15) is 0 Å². The van der Waals surface area contributed by atoms with Crippen molar-refractivity contribution in [3.63, 3.8) is 0 Å². The first-order valence-corrected chi connectivity index (χ1v) is 8.03. The van der Waals surface area contributed by atoms with Crippen LogP contribution < -0.4 is 5.32 Å². The zero-order valence-electron chi connectivity index (χ0n) is 13.5. The van der Waals surface area contributed by atoms with Gasteiger partial charge in [0.1, 0.15) is 5.82 Å². The molecule has 0 aliphatic heterocycles. The molecule has 2 N–H and O–H groups in total. The van der Waals surface area contributed by atoms with Crippen molar-refractivity contribution in [3.8, 4) is 0 Å². The zero-order valence-corrected chi connectivity index (χ0v) is 15.1. The summed E-state index contributed by atoms with van der Waals surface area (Å²) in [6.07, 6.45) is -1.18. The molecule has 0 aliphatic carbocycles. The Hall–Kier alpha value is -2.21. The fourth-order valence-electron chi connectivity index (χ4n) is 2.46. The van der Waals surface area contributed by atoms with E-state index in [2.05, 4.69) is 21.2 Å². The lowest BCUT2D eigenvalue weighted by Gasteiger charge is -2.25. The molecule has 2 rings (SSSR count). The summed E-state index contributed by atoms with van der Waals surface area (Å²) in [6, 6.07) is 8.42. The normalized spacial score (nSPS) is 11.2. The van der Waals surface area contributed by atoms with E-state index in [1.165, 1.54) is 24.3 Å². The van der Waals surface area contributed by atoms with Gasteiger partial charge in [-0.3, -0.25) is 10.1 Å². The Morgan fingerprint density at radius 2 is 1.67 bits per heavy atom. The van der Waals surface area contributed by atoms with Gasteiger partial charge in [-0.1, -0.05) is 20.8 Å². The Morgan fingerprint density at radius 3 is 2.17 bits per heavy atom. The molecule has 0 radical (unpaired) electrons. The lowest BCUT2D eigenvalue weighted by atomic mass is 9.84. The first kappa shape index (κ1) is 18.1. The van der Waals surface area contributed by atoms with Crippen LogP contribution in [0.2, 0.25) is 0 Å². The molecule has 0 saturated carbocycles. The van der Waals surface area contributed by atoms with Gasteiger partial charge in [-0.15, -0.1) is 0 Å². The van der Waals surface area contributed by atoms with E-state index in [0.717, 1.165) is 0 Å². The average Bonchev–Trinajstić information content (AvgIpc) is 2.45. The molecular weight excluding hydrogens is 377 g/mol. The molecule has 0 unspecified atom stereocenters. The molecule has 1 amide bonds. The van der Waals surface area contributed by atoms with Gasteiger partial charge >= 0.3 is 6.09 Å². The first-order chi connectivity index (χ1) is 11.1. The fraction of sp³-hybridized carbons (Fsp3) is 0.222. The third-order valence-corrected chi connectivity index (χ3v) is 4.31. The Balaban J connectivity index is 2.58. The highest BCUT2D eigenvalue weighted by atomic mass is 79.9. The predicted octanol–water partition coefficient (Wildman–Crippen LogP) is 5.21. The Labute approximate surface area is 147 Å². The number of amides is 1. The minimum absolute atomic E-state index is 0.269. The second kappa shape index (κ2) is 6.73. The zero-order chi connectivity index (χ0) is 18.1. The minimum atomic E-state index is -1.18. The van der Waals surface area contributed by atoms with Crippen LogP contribution in [0.15, 0.2) is 40.9 Å². The number of rotatable bonds is 3. The van der Waals surface area contributed by atoms with Crippen molar-refractivity contribution in [2.24, 2.45) is 0 Å². The quantitative estimate of drug-likeness (QED) is 0.703. The third-order valence-electron chi connectivity index (χ3n) is 3.48. The van der Waals surface area contributed by atoms with Crippen molar-refractivity contribution in [2.45, 2.75) is 26.2 Å². The highest BCUT2D eigenvalue weighted by Crippen LogP contribution is 2.38. The van der Waals surface area contributed by atoms with Crippen molar-refractivity contribution in [1.82, 2.24) is 0 Å². The van der Waals surface area contributed by atoms with Gasteiger partial charge in [0, 0.05) is 21.3 Å². The summed E-state index contributed by atoms with van der Waals surface area (Å²) in [5.74, 6) is -0.684. The third kappa shape index (κ3) is 3.82. The number of carboxylic acid groups (broad SMARTS) is 1. The highest BCUT2D eigenvalue weighted by molar-refractivity contribution is 9.10. The summed E-state index contributed by atoms with van der Waals surface area (Å²) in [7, 11) is 0. The minimum Gasteiger partial charge on any atom is -0.465 e. The number of halogens is 2. The van der Waals surface area contributed by atoms with Crippen LogP contribution in [-0.4, -0.2) is 17.0 Å². The van der Waals surface area contributed by atoms with Gasteiger partial charge in [-0.25, -0.2) is 9.18 Å². The van der Waals surface area contributed by atoms with Crippen LogP contribution in [0, 0.1) is 5.82 Å². The van der Waals surface area contributed by atoms with E-state index in [0.29, 0.717) is 26.9 Å². The lowest BCUT2D eigenvalue weighted by Crippen LogP contribution is -2.19. The molecule has 4 nitrogen and oxygen atoms in total. The second-order valence-corrected chi connectivity index (χ2v) is 7.16. The number of benzene rings is 2. The molecule has 24 heavy (non-hydrogen) atoms. The highest BCUT2D eigenvalue weighted by Gasteiger charge is 2.26. The summed E-state index contributed by atoms with van der Waals surface area (Å²) < 4.78 is 13.6. The summed E-state index contributed by atoms with van der Waals surface area (Å²) in [4.78, 5) is 23.7. The van der Waals surface area contributed by atoms with Crippen LogP contribution in [0.4, 0.5) is 14.9 Å². The number of carbonyl (C=O) groups excluding carboxylic acids is 1. The maximum atomic E-state index is 13.0. The molecule has 0 aromatic heterocycles. The second-order valence-electron chi connectivity index (χ2n) is 6.37. The van der Waals surface area contributed by atoms with E-state index in [1.54, 1.807) is 12.1 Å². The van der Waals surface area contributed by atoms with Crippen molar-refractivity contribution >= 4 is 33.5 Å². The molecule has 126 valence electrons. The molecular formula is C18H17BrFNO3. The van der Waals surface area contributed by atoms with Gasteiger partial charge in [0.25, 0.3) is 0 Å². The van der Waals surface area contributed by atoms with E-state index in [-0.39, 0.29) is 5.78 Å². The Morgan fingerprint density at radius 1 is 1.08 bits per heavy atom.